The minimum Gasteiger partial charge on any atom is -0.370 e. The molecule has 0 aliphatic heterocycles. The Bertz CT molecular complexity index is 367. The van der Waals surface area contributed by atoms with Gasteiger partial charge in [0, 0.05) is 12.4 Å². The predicted molar refractivity (Wildman–Crippen MR) is 55.7 cm³/mol. The lowest BCUT2D eigenvalue weighted by molar-refractivity contribution is -0.126. The van der Waals surface area contributed by atoms with Gasteiger partial charge < -0.3 is 16.8 Å². The van der Waals surface area contributed by atoms with Crippen LogP contribution in [0, 0.1) is 0 Å². The Morgan fingerprint density at radius 3 is 2.75 bits per heavy atom. The molecular formula is C9H13N5O2. The number of amides is 2. The minimum absolute atomic E-state index is 0.174. The molecular weight excluding hydrogens is 210 g/mol. The van der Waals surface area contributed by atoms with Gasteiger partial charge in [0.25, 0.3) is 0 Å². The fraction of sp³-hybridized carbons (Fsp3) is 0.333. The normalized spacial score (nSPS) is 11.8. The Morgan fingerprint density at radius 1 is 1.44 bits per heavy atom. The second-order valence-electron chi connectivity index (χ2n) is 3.19. The molecule has 2 amide bonds. The summed E-state index contributed by atoms with van der Waals surface area (Å²) < 4.78 is 0. The Hall–Kier alpha value is -2.02. The van der Waals surface area contributed by atoms with Crippen molar-refractivity contribution < 1.29 is 9.59 Å². The van der Waals surface area contributed by atoms with Crippen molar-refractivity contribution >= 4 is 11.8 Å². The highest BCUT2D eigenvalue weighted by Crippen LogP contribution is 1.91. The van der Waals surface area contributed by atoms with Gasteiger partial charge in [-0.25, -0.2) is 0 Å². The van der Waals surface area contributed by atoms with E-state index in [0.29, 0.717) is 5.69 Å². The second kappa shape index (κ2) is 5.76. The molecule has 0 fully saturated rings. The number of carbonyl (C=O) groups excluding carboxylic acids is 2. The molecule has 1 atom stereocenters. The largest absolute Gasteiger partial charge is 0.370 e. The molecule has 5 N–H and O–H groups in total. The summed E-state index contributed by atoms with van der Waals surface area (Å²) in [5.41, 5.74) is 11.0. The predicted octanol–water partition coefficient (Wildman–Crippen LogP) is -1.70. The summed E-state index contributed by atoms with van der Waals surface area (Å²) in [5, 5.41) is 2.53. The fourth-order valence-corrected chi connectivity index (χ4v) is 1.04. The van der Waals surface area contributed by atoms with Crippen molar-refractivity contribution in [3.05, 3.63) is 24.3 Å². The second-order valence-corrected chi connectivity index (χ2v) is 3.19. The van der Waals surface area contributed by atoms with Crippen LogP contribution in [-0.4, -0.2) is 27.8 Å². The molecule has 0 saturated carbocycles. The monoisotopic (exact) mass is 223 g/mol. The number of nitrogens with zero attached hydrogens (tertiary/aromatic N) is 2. The first-order valence-electron chi connectivity index (χ1n) is 4.66. The topological polar surface area (TPSA) is 124 Å². The van der Waals surface area contributed by atoms with E-state index in [1.54, 1.807) is 0 Å². The van der Waals surface area contributed by atoms with Crippen LogP contribution in [0.2, 0.25) is 0 Å². The molecule has 7 nitrogen and oxygen atoms in total. The maximum Gasteiger partial charge on any atom is 0.237 e. The average Bonchev–Trinajstić information content (AvgIpc) is 2.26. The Balaban J connectivity index is 2.38. The Kier molecular flexibility index (Phi) is 4.34. The average molecular weight is 223 g/mol. The quantitative estimate of drug-likeness (QED) is 0.548. The lowest BCUT2D eigenvalue weighted by Crippen LogP contribution is -2.42. The lowest BCUT2D eigenvalue weighted by Gasteiger charge is -2.09. The van der Waals surface area contributed by atoms with E-state index in [-0.39, 0.29) is 13.0 Å². The molecule has 1 rings (SSSR count). The number of rotatable bonds is 5. The first kappa shape index (κ1) is 12.1. The van der Waals surface area contributed by atoms with Crippen LogP contribution in [0.25, 0.3) is 0 Å². The van der Waals surface area contributed by atoms with E-state index in [0.717, 1.165) is 0 Å². The number of nitrogens with one attached hydrogen (secondary N) is 1. The van der Waals surface area contributed by atoms with Crippen LogP contribution in [0.1, 0.15) is 12.1 Å². The van der Waals surface area contributed by atoms with Crippen molar-refractivity contribution in [3.8, 4) is 0 Å². The van der Waals surface area contributed by atoms with Gasteiger partial charge in [-0.05, 0) is 0 Å². The number of primary amides is 1. The van der Waals surface area contributed by atoms with Gasteiger partial charge in [0.1, 0.15) is 0 Å². The van der Waals surface area contributed by atoms with E-state index < -0.39 is 17.9 Å². The Morgan fingerprint density at radius 2 is 2.19 bits per heavy atom. The first-order chi connectivity index (χ1) is 7.59. The molecule has 0 spiro atoms. The van der Waals surface area contributed by atoms with Crippen molar-refractivity contribution in [1.82, 2.24) is 15.3 Å². The van der Waals surface area contributed by atoms with E-state index >= 15 is 0 Å². The van der Waals surface area contributed by atoms with E-state index in [2.05, 4.69) is 15.3 Å². The molecule has 1 heterocycles. The fourth-order valence-electron chi connectivity index (χ4n) is 1.04. The van der Waals surface area contributed by atoms with Crippen LogP contribution < -0.4 is 16.8 Å². The molecule has 86 valence electrons. The van der Waals surface area contributed by atoms with Gasteiger partial charge in [0.15, 0.2) is 0 Å². The lowest BCUT2D eigenvalue weighted by atomic mass is 10.2. The van der Waals surface area contributed by atoms with Crippen LogP contribution >= 0.6 is 0 Å². The molecule has 16 heavy (non-hydrogen) atoms. The first-order valence-corrected chi connectivity index (χ1v) is 4.66. The van der Waals surface area contributed by atoms with Crippen molar-refractivity contribution in [3.63, 3.8) is 0 Å². The third-order valence-electron chi connectivity index (χ3n) is 1.82. The van der Waals surface area contributed by atoms with E-state index in [9.17, 15) is 9.59 Å². The van der Waals surface area contributed by atoms with Crippen molar-refractivity contribution in [1.29, 1.82) is 0 Å². The van der Waals surface area contributed by atoms with Crippen LogP contribution in [0.3, 0.4) is 0 Å². The van der Waals surface area contributed by atoms with Crippen molar-refractivity contribution in [2.24, 2.45) is 11.5 Å². The molecule has 0 saturated heterocycles. The number of hydrogen-bond donors (Lipinski definition) is 3. The molecule has 0 aromatic carbocycles. The maximum absolute atomic E-state index is 11.4. The number of nitrogens with two attached hydrogens (primary N) is 2. The van der Waals surface area contributed by atoms with Crippen LogP contribution in [0.15, 0.2) is 18.6 Å². The highest BCUT2D eigenvalue weighted by molar-refractivity contribution is 5.87. The van der Waals surface area contributed by atoms with Gasteiger partial charge in [0.2, 0.25) is 11.8 Å². The molecule has 0 aliphatic carbocycles. The van der Waals surface area contributed by atoms with E-state index in [4.69, 9.17) is 11.5 Å². The summed E-state index contributed by atoms with van der Waals surface area (Å²) >= 11 is 0. The highest BCUT2D eigenvalue weighted by atomic mass is 16.2. The summed E-state index contributed by atoms with van der Waals surface area (Å²) in [6.07, 6.45) is 4.40. The Labute approximate surface area is 92.2 Å². The summed E-state index contributed by atoms with van der Waals surface area (Å²) in [5.74, 6) is -1.05. The van der Waals surface area contributed by atoms with E-state index in [1.165, 1.54) is 18.6 Å². The molecule has 0 unspecified atom stereocenters. The standard InChI is InChI=1S/C9H13N5O2/c10-7(3-8(11)15)9(16)14-5-6-4-12-1-2-13-6/h1-2,4,7H,3,5,10H2,(H2,11,15)(H,14,16)/t7-/m0/s1. The zero-order chi connectivity index (χ0) is 12.0. The SMILES string of the molecule is NC(=O)C[C@H](N)C(=O)NCc1cnccn1. The zero-order valence-electron chi connectivity index (χ0n) is 8.59. The smallest absolute Gasteiger partial charge is 0.237 e. The van der Waals surface area contributed by atoms with Crippen molar-refractivity contribution in [2.75, 3.05) is 0 Å². The minimum atomic E-state index is -0.922. The molecule has 0 bridgehead atoms. The van der Waals surface area contributed by atoms with Gasteiger partial charge in [-0.15, -0.1) is 0 Å². The van der Waals surface area contributed by atoms with Gasteiger partial charge in [-0.3, -0.25) is 19.6 Å². The van der Waals surface area contributed by atoms with Gasteiger partial charge in [-0.1, -0.05) is 0 Å². The molecule has 7 heteroatoms. The number of hydrogen-bond acceptors (Lipinski definition) is 5. The zero-order valence-corrected chi connectivity index (χ0v) is 8.59. The third-order valence-corrected chi connectivity index (χ3v) is 1.82. The summed E-state index contributed by atoms with van der Waals surface area (Å²) in [4.78, 5) is 29.7. The molecule has 1 aromatic heterocycles. The van der Waals surface area contributed by atoms with Crippen LogP contribution in [0.5, 0.6) is 0 Å². The van der Waals surface area contributed by atoms with E-state index in [1.807, 2.05) is 0 Å². The van der Waals surface area contributed by atoms with Gasteiger partial charge in [0.05, 0.1) is 30.9 Å². The highest BCUT2D eigenvalue weighted by Gasteiger charge is 2.15. The number of aromatic nitrogens is 2. The van der Waals surface area contributed by atoms with Gasteiger partial charge >= 0.3 is 0 Å². The van der Waals surface area contributed by atoms with Crippen LogP contribution in [0.4, 0.5) is 0 Å². The van der Waals surface area contributed by atoms with Crippen molar-refractivity contribution in [2.45, 2.75) is 19.0 Å². The van der Waals surface area contributed by atoms with Gasteiger partial charge in [-0.2, -0.15) is 0 Å². The van der Waals surface area contributed by atoms with Crippen LogP contribution in [-0.2, 0) is 16.1 Å². The maximum atomic E-state index is 11.4. The summed E-state index contributed by atoms with van der Waals surface area (Å²) in [6, 6.07) is -0.922. The molecule has 0 radical (unpaired) electrons. The third kappa shape index (κ3) is 4.01. The summed E-state index contributed by atoms with van der Waals surface area (Å²) in [7, 11) is 0. The molecule has 1 aromatic rings. The molecule has 0 aliphatic rings. The number of carbonyl (C=O) groups is 2. The summed E-state index contributed by atoms with van der Waals surface area (Å²) in [6.45, 7) is 0.221.